The first-order valence-corrected chi connectivity index (χ1v) is 7.94. The van der Waals surface area contributed by atoms with Crippen LogP contribution in [0.5, 0.6) is 0 Å². The van der Waals surface area contributed by atoms with Crippen LogP contribution in [0, 0.1) is 17.8 Å². The molecular formula is C17H21ClN2O5. The van der Waals surface area contributed by atoms with E-state index in [0.29, 0.717) is 12.8 Å². The lowest BCUT2D eigenvalue weighted by Gasteiger charge is -2.22. The van der Waals surface area contributed by atoms with E-state index < -0.39 is 41.3 Å². The molecule has 0 spiro atoms. The average molecular weight is 369 g/mol. The zero-order valence-electron chi connectivity index (χ0n) is 13.4. The summed E-state index contributed by atoms with van der Waals surface area (Å²) in [4.78, 5) is 35.2. The maximum Gasteiger partial charge on any atom is 0.326 e. The Bertz CT molecular complexity index is 683. The molecule has 136 valence electrons. The van der Waals surface area contributed by atoms with Crippen LogP contribution >= 0.6 is 12.4 Å². The molecule has 0 saturated heterocycles. The number of nitrogens with one attached hydrogen (secondary N) is 1. The fourth-order valence-corrected chi connectivity index (χ4v) is 3.93. The van der Waals surface area contributed by atoms with E-state index in [0.717, 1.165) is 5.56 Å². The summed E-state index contributed by atoms with van der Waals surface area (Å²) in [6.45, 7) is 0. The van der Waals surface area contributed by atoms with Crippen molar-refractivity contribution >= 4 is 30.3 Å². The van der Waals surface area contributed by atoms with Crippen LogP contribution in [0.3, 0.4) is 0 Å². The zero-order chi connectivity index (χ0) is 17.5. The fraction of sp³-hybridized carbons (Fsp3) is 0.471. The van der Waals surface area contributed by atoms with Gasteiger partial charge in [-0.3, -0.25) is 9.59 Å². The Hall–Kier alpha value is -2.12. The number of rotatable bonds is 6. The van der Waals surface area contributed by atoms with E-state index in [1.807, 2.05) is 6.07 Å². The van der Waals surface area contributed by atoms with Crippen LogP contribution in [0.4, 0.5) is 0 Å². The number of aliphatic carboxylic acids is 2. The molecule has 5 N–H and O–H groups in total. The molecule has 2 fully saturated rings. The first-order valence-electron chi connectivity index (χ1n) is 7.94. The summed E-state index contributed by atoms with van der Waals surface area (Å²) >= 11 is 0. The second kappa shape index (κ2) is 7.01. The van der Waals surface area contributed by atoms with Crippen molar-refractivity contribution in [2.75, 3.05) is 0 Å². The lowest BCUT2D eigenvalue weighted by atomic mass is 9.91. The van der Waals surface area contributed by atoms with Gasteiger partial charge in [-0.15, -0.1) is 12.4 Å². The molecule has 0 aliphatic heterocycles. The molecule has 25 heavy (non-hydrogen) atoms. The smallest absolute Gasteiger partial charge is 0.326 e. The summed E-state index contributed by atoms with van der Waals surface area (Å²) in [5, 5.41) is 21.2. The predicted molar refractivity (Wildman–Crippen MR) is 91.2 cm³/mol. The van der Waals surface area contributed by atoms with Crippen LogP contribution in [-0.4, -0.2) is 39.6 Å². The van der Waals surface area contributed by atoms with Gasteiger partial charge in [-0.05, 0) is 24.3 Å². The molecule has 0 heterocycles. The number of amides is 1. The van der Waals surface area contributed by atoms with Gasteiger partial charge in [0.1, 0.15) is 11.6 Å². The van der Waals surface area contributed by atoms with E-state index in [-0.39, 0.29) is 24.7 Å². The second-order valence-corrected chi connectivity index (χ2v) is 6.69. The molecule has 0 unspecified atom stereocenters. The number of carbonyl (C=O) groups is 3. The van der Waals surface area contributed by atoms with Crippen molar-refractivity contribution in [1.82, 2.24) is 5.32 Å². The van der Waals surface area contributed by atoms with Gasteiger partial charge in [-0.2, -0.15) is 0 Å². The molecule has 2 saturated carbocycles. The molecule has 0 bridgehead atoms. The third-order valence-corrected chi connectivity index (χ3v) is 5.25. The minimum Gasteiger partial charge on any atom is -0.480 e. The molecule has 1 aromatic rings. The second-order valence-electron chi connectivity index (χ2n) is 6.69. The normalized spacial score (nSPS) is 30.5. The number of benzene rings is 1. The summed E-state index contributed by atoms with van der Waals surface area (Å²) in [6, 6.07) is 7.98. The summed E-state index contributed by atoms with van der Waals surface area (Å²) in [6.07, 6.45) is 1.12. The quantitative estimate of drug-likeness (QED) is 0.583. The summed E-state index contributed by atoms with van der Waals surface area (Å²) in [7, 11) is 0. The Labute approximate surface area is 151 Å². The summed E-state index contributed by atoms with van der Waals surface area (Å²) in [5.41, 5.74) is 5.37. The van der Waals surface area contributed by atoms with Crippen LogP contribution in [0.15, 0.2) is 30.3 Å². The number of fused-ring (bicyclic) bond motifs is 1. The van der Waals surface area contributed by atoms with E-state index in [2.05, 4.69) is 5.32 Å². The molecule has 0 radical (unpaired) electrons. The molecule has 3 rings (SSSR count). The van der Waals surface area contributed by atoms with E-state index in [9.17, 15) is 24.6 Å². The van der Waals surface area contributed by atoms with E-state index in [4.69, 9.17) is 5.73 Å². The lowest BCUT2D eigenvalue weighted by molar-refractivity contribution is -0.145. The number of halogens is 1. The third kappa shape index (κ3) is 3.48. The first-order chi connectivity index (χ1) is 11.3. The fourth-order valence-electron chi connectivity index (χ4n) is 3.93. The maximum absolute atomic E-state index is 12.4. The monoisotopic (exact) mass is 368 g/mol. The molecule has 7 nitrogen and oxygen atoms in total. The number of hydrogen-bond donors (Lipinski definition) is 4. The van der Waals surface area contributed by atoms with E-state index in [1.54, 1.807) is 24.3 Å². The minimum absolute atomic E-state index is 0. The highest BCUT2D eigenvalue weighted by Gasteiger charge is 2.69. The van der Waals surface area contributed by atoms with Crippen LogP contribution in [0.1, 0.15) is 18.4 Å². The Morgan fingerprint density at radius 1 is 1.24 bits per heavy atom. The van der Waals surface area contributed by atoms with Gasteiger partial charge in [0.05, 0.1) is 0 Å². The van der Waals surface area contributed by atoms with Crippen molar-refractivity contribution in [2.45, 2.75) is 30.8 Å². The summed E-state index contributed by atoms with van der Waals surface area (Å²) in [5.74, 6) is -3.58. The van der Waals surface area contributed by atoms with Gasteiger partial charge in [0.2, 0.25) is 5.91 Å². The van der Waals surface area contributed by atoms with Gasteiger partial charge >= 0.3 is 11.9 Å². The SMILES string of the molecule is Cl.N[C@@]1(C(=O)O)CC[C@H]2[C@H](C(=O)N[C@@H](Cc3ccccc3)C(=O)O)[C@H]21. The standard InChI is InChI=1S/C17H20N2O5.ClH/c18-17(16(23)24)7-6-10-12(13(10)17)14(20)19-11(15(21)22)8-9-4-2-1-3-5-9;/h1-5,10-13H,6-8,18H2,(H,19,20)(H,21,22)(H,23,24);1H/t10-,11-,12-,13-,17-;/m0./s1. The number of nitrogens with two attached hydrogens (primary N) is 1. The third-order valence-electron chi connectivity index (χ3n) is 5.25. The van der Waals surface area contributed by atoms with Crippen molar-refractivity contribution in [3.63, 3.8) is 0 Å². The summed E-state index contributed by atoms with van der Waals surface area (Å²) < 4.78 is 0. The molecular weight excluding hydrogens is 348 g/mol. The number of carboxylic acid groups (broad SMARTS) is 2. The van der Waals surface area contributed by atoms with Crippen LogP contribution < -0.4 is 11.1 Å². The van der Waals surface area contributed by atoms with Gasteiger partial charge in [0.15, 0.2) is 0 Å². The van der Waals surface area contributed by atoms with E-state index in [1.165, 1.54) is 0 Å². The Morgan fingerprint density at radius 3 is 2.44 bits per heavy atom. The van der Waals surface area contributed by atoms with Gasteiger partial charge in [0, 0.05) is 18.3 Å². The zero-order valence-corrected chi connectivity index (χ0v) is 14.2. The van der Waals surface area contributed by atoms with Crippen molar-refractivity contribution in [3.05, 3.63) is 35.9 Å². The molecule has 1 aromatic carbocycles. The Balaban J connectivity index is 0.00000225. The predicted octanol–water partition coefficient (Wildman–Crippen LogP) is 0.658. The topological polar surface area (TPSA) is 130 Å². The van der Waals surface area contributed by atoms with Crippen LogP contribution in [0.25, 0.3) is 0 Å². The molecule has 2 aliphatic carbocycles. The van der Waals surface area contributed by atoms with Gasteiger partial charge in [0.25, 0.3) is 0 Å². The molecule has 8 heteroatoms. The van der Waals surface area contributed by atoms with Crippen molar-refractivity contribution in [3.8, 4) is 0 Å². The highest BCUT2D eigenvalue weighted by Crippen LogP contribution is 2.61. The van der Waals surface area contributed by atoms with Crippen molar-refractivity contribution in [2.24, 2.45) is 23.5 Å². The van der Waals surface area contributed by atoms with Crippen molar-refractivity contribution < 1.29 is 24.6 Å². The number of hydrogen-bond acceptors (Lipinski definition) is 4. The molecule has 2 aliphatic rings. The van der Waals surface area contributed by atoms with Gasteiger partial charge < -0.3 is 21.3 Å². The van der Waals surface area contributed by atoms with Gasteiger partial charge in [-0.25, -0.2) is 4.79 Å². The molecule has 0 aromatic heterocycles. The highest BCUT2D eigenvalue weighted by molar-refractivity contribution is 5.90. The number of carboxylic acids is 2. The van der Waals surface area contributed by atoms with Crippen LogP contribution in [-0.2, 0) is 20.8 Å². The Kier molecular flexibility index (Phi) is 5.39. The largest absolute Gasteiger partial charge is 0.480 e. The molecule has 1 amide bonds. The lowest BCUT2D eigenvalue weighted by Crippen LogP contribution is -2.51. The average Bonchev–Trinajstić information content (AvgIpc) is 3.18. The van der Waals surface area contributed by atoms with E-state index >= 15 is 0 Å². The minimum atomic E-state index is -1.37. The van der Waals surface area contributed by atoms with Gasteiger partial charge in [-0.1, -0.05) is 30.3 Å². The highest BCUT2D eigenvalue weighted by atomic mass is 35.5. The molecule has 5 atom stereocenters. The number of carbonyl (C=O) groups excluding carboxylic acids is 1. The van der Waals surface area contributed by atoms with Crippen LogP contribution in [0.2, 0.25) is 0 Å². The first kappa shape index (κ1) is 19.2. The maximum atomic E-state index is 12.4. The Morgan fingerprint density at radius 2 is 1.88 bits per heavy atom. The van der Waals surface area contributed by atoms with Crippen molar-refractivity contribution in [1.29, 1.82) is 0 Å².